The Morgan fingerprint density at radius 3 is 1.89 bits per heavy atom. The molecule has 19 heavy (non-hydrogen) atoms. The molecule has 5 heteroatoms. The summed E-state index contributed by atoms with van der Waals surface area (Å²) in [5.74, 6) is 0. The number of rotatable bonds is 7. The molecule has 0 aromatic carbocycles. The van der Waals surface area contributed by atoms with Crippen molar-refractivity contribution in [3.05, 3.63) is 0 Å². The minimum atomic E-state index is -0.966. The quantitative estimate of drug-likeness (QED) is 0.767. The van der Waals surface area contributed by atoms with Gasteiger partial charge in [0.1, 0.15) is 18.3 Å². The first kappa shape index (κ1) is 16.9. The molecule has 0 spiro atoms. The molecule has 114 valence electrons. The first-order valence-corrected chi connectivity index (χ1v) is 7.07. The Hall–Kier alpha value is -0.200. The smallest absolute Gasteiger partial charge is 0.184 e. The summed E-state index contributed by atoms with van der Waals surface area (Å²) in [4.78, 5) is 0. The Balaban J connectivity index is 2.68. The lowest BCUT2D eigenvalue weighted by molar-refractivity contribution is -0.161. The van der Waals surface area contributed by atoms with E-state index in [0.717, 1.165) is 0 Å². The van der Waals surface area contributed by atoms with E-state index in [4.69, 9.17) is 18.9 Å². The Bertz CT molecular complexity index is 254. The SMILES string of the molecule is CC(C)OCC1OC(O)C(OC(C)C)C1OC(C)C. The first-order chi connectivity index (χ1) is 8.81. The van der Waals surface area contributed by atoms with Crippen LogP contribution < -0.4 is 0 Å². The van der Waals surface area contributed by atoms with Gasteiger partial charge >= 0.3 is 0 Å². The van der Waals surface area contributed by atoms with Gasteiger partial charge in [0.15, 0.2) is 6.29 Å². The van der Waals surface area contributed by atoms with E-state index < -0.39 is 12.4 Å². The zero-order chi connectivity index (χ0) is 14.6. The second-order valence-electron chi connectivity index (χ2n) is 5.75. The van der Waals surface area contributed by atoms with Crippen LogP contribution in [0.5, 0.6) is 0 Å². The van der Waals surface area contributed by atoms with E-state index in [1.54, 1.807) is 0 Å². The van der Waals surface area contributed by atoms with Crippen molar-refractivity contribution in [2.75, 3.05) is 6.61 Å². The second-order valence-corrected chi connectivity index (χ2v) is 5.75. The van der Waals surface area contributed by atoms with E-state index in [1.807, 2.05) is 41.5 Å². The number of aliphatic hydroxyl groups is 1. The molecule has 1 rings (SSSR count). The standard InChI is InChI=1S/C14H28O5/c1-8(2)16-7-11-12(17-9(3)4)13(14(15)19-11)18-10(5)6/h8-15H,7H2,1-6H3. The summed E-state index contributed by atoms with van der Waals surface area (Å²) in [6.45, 7) is 12.1. The molecule has 4 atom stereocenters. The van der Waals surface area contributed by atoms with Crippen LogP contribution in [0.25, 0.3) is 0 Å². The van der Waals surface area contributed by atoms with Gasteiger partial charge in [-0.1, -0.05) is 0 Å². The first-order valence-electron chi connectivity index (χ1n) is 7.07. The molecule has 0 aliphatic carbocycles. The fourth-order valence-corrected chi connectivity index (χ4v) is 2.07. The predicted molar refractivity (Wildman–Crippen MR) is 72.0 cm³/mol. The van der Waals surface area contributed by atoms with E-state index >= 15 is 0 Å². The lowest BCUT2D eigenvalue weighted by Gasteiger charge is -2.27. The highest BCUT2D eigenvalue weighted by Crippen LogP contribution is 2.27. The van der Waals surface area contributed by atoms with Gasteiger partial charge in [-0.3, -0.25) is 0 Å². The molecule has 1 saturated heterocycles. The summed E-state index contributed by atoms with van der Waals surface area (Å²) in [7, 11) is 0. The topological polar surface area (TPSA) is 57.2 Å². The normalized spacial score (nSPS) is 31.9. The maximum absolute atomic E-state index is 9.97. The van der Waals surface area contributed by atoms with E-state index in [2.05, 4.69) is 0 Å². The number of hydrogen-bond acceptors (Lipinski definition) is 5. The molecular weight excluding hydrogens is 248 g/mol. The molecule has 0 radical (unpaired) electrons. The summed E-state index contributed by atoms with van der Waals surface area (Å²) in [5, 5.41) is 9.97. The van der Waals surface area contributed by atoms with Crippen LogP contribution in [-0.2, 0) is 18.9 Å². The Morgan fingerprint density at radius 1 is 0.895 bits per heavy atom. The molecule has 0 saturated carbocycles. The maximum atomic E-state index is 9.97. The fraction of sp³-hybridized carbons (Fsp3) is 1.00. The summed E-state index contributed by atoms with van der Waals surface area (Å²) >= 11 is 0. The van der Waals surface area contributed by atoms with Gasteiger partial charge in [0.2, 0.25) is 0 Å². The van der Waals surface area contributed by atoms with Crippen LogP contribution in [0.2, 0.25) is 0 Å². The second kappa shape index (κ2) is 7.55. The van der Waals surface area contributed by atoms with Gasteiger partial charge in [0, 0.05) is 0 Å². The van der Waals surface area contributed by atoms with Crippen molar-refractivity contribution in [3.8, 4) is 0 Å². The van der Waals surface area contributed by atoms with Crippen LogP contribution in [0.1, 0.15) is 41.5 Å². The van der Waals surface area contributed by atoms with Crippen LogP contribution in [0.4, 0.5) is 0 Å². The zero-order valence-corrected chi connectivity index (χ0v) is 12.8. The molecule has 1 aliphatic rings. The van der Waals surface area contributed by atoms with Crippen LogP contribution in [0.3, 0.4) is 0 Å². The lowest BCUT2D eigenvalue weighted by atomic mass is 10.1. The number of hydrogen-bond donors (Lipinski definition) is 1. The van der Waals surface area contributed by atoms with Crippen molar-refractivity contribution in [1.29, 1.82) is 0 Å². The van der Waals surface area contributed by atoms with Crippen molar-refractivity contribution in [2.45, 2.75) is 84.5 Å². The molecule has 1 N–H and O–H groups in total. The largest absolute Gasteiger partial charge is 0.376 e. The van der Waals surface area contributed by atoms with Crippen LogP contribution in [0.15, 0.2) is 0 Å². The lowest BCUT2D eigenvalue weighted by Crippen LogP contribution is -2.42. The third-order valence-electron chi connectivity index (χ3n) is 2.74. The van der Waals surface area contributed by atoms with Gasteiger partial charge in [-0.2, -0.15) is 0 Å². The summed E-state index contributed by atoms with van der Waals surface area (Å²) < 4.78 is 22.7. The summed E-state index contributed by atoms with van der Waals surface area (Å²) in [5.41, 5.74) is 0. The number of aliphatic hydroxyl groups excluding tert-OH is 1. The molecule has 1 aliphatic heterocycles. The van der Waals surface area contributed by atoms with Crippen molar-refractivity contribution < 1.29 is 24.1 Å². The van der Waals surface area contributed by atoms with Gasteiger partial charge in [0.25, 0.3) is 0 Å². The third-order valence-corrected chi connectivity index (χ3v) is 2.74. The Labute approximate surface area is 116 Å². The van der Waals surface area contributed by atoms with Crippen molar-refractivity contribution in [1.82, 2.24) is 0 Å². The van der Waals surface area contributed by atoms with Crippen molar-refractivity contribution >= 4 is 0 Å². The average molecular weight is 276 g/mol. The summed E-state index contributed by atoms with van der Waals surface area (Å²) in [6, 6.07) is 0. The van der Waals surface area contributed by atoms with E-state index in [-0.39, 0.29) is 30.5 Å². The molecule has 5 nitrogen and oxygen atoms in total. The highest BCUT2D eigenvalue weighted by Gasteiger charge is 2.46. The minimum Gasteiger partial charge on any atom is -0.376 e. The zero-order valence-electron chi connectivity index (χ0n) is 12.8. The van der Waals surface area contributed by atoms with Gasteiger partial charge in [0.05, 0.1) is 24.9 Å². The van der Waals surface area contributed by atoms with Gasteiger partial charge in [-0.05, 0) is 41.5 Å². The highest BCUT2D eigenvalue weighted by atomic mass is 16.7. The molecule has 1 fully saturated rings. The van der Waals surface area contributed by atoms with Crippen LogP contribution >= 0.6 is 0 Å². The monoisotopic (exact) mass is 276 g/mol. The average Bonchev–Trinajstić information content (AvgIpc) is 2.53. The fourth-order valence-electron chi connectivity index (χ4n) is 2.07. The van der Waals surface area contributed by atoms with Crippen LogP contribution in [-0.4, -0.2) is 54.6 Å². The molecular formula is C14H28O5. The highest BCUT2D eigenvalue weighted by molar-refractivity contribution is 4.89. The predicted octanol–water partition coefficient (Wildman–Crippen LogP) is 1.72. The van der Waals surface area contributed by atoms with Crippen LogP contribution in [0, 0.1) is 0 Å². The molecule has 1 heterocycles. The molecule has 0 aromatic heterocycles. The Kier molecular flexibility index (Phi) is 6.69. The number of ether oxygens (including phenoxy) is 4. The van der Waals surface area contributed by atoms with Crippen molar-refractivity contribution in [3.63, 3.8) is 0 Å². The third kappa shape index (κ3) is 5.36. The van der Waals surface area contributed by atoms with Gasteiger partial charge in [-0.25, -0.2) is 0 Å². The van der Waals surface area contributed by atoms with Gasteiger partial charge in [-0.15, -0.1) is 0 Å². The molecule has 0 aromatic rings. The van der Waals surface area contributed by atoms with E-state index in [0.29, 0.717) is 6.61 Å². The van der Waals surface area contributed by atoms with Gasteiger partial charge < -0.3 is 24.1 Å². The Morgan fingerprint density at radius 2 is 1.42 bits per heavy atom. The molecule has 0 bridgehead atoms. The molecule has 0 amide bonds. The van der Waals surface area contributed by atoms with E-state index in [1.165, 1.54) is 0 Å². The van der Waals surface area contributed by atoms with E-state index in [9.17, 15) is 5.11 Å². The maximum Gasteiger partial charge on any atom is 0.184 e. The van der Waals surface area contributed by atoms with Crippen molar-refractivity contribution in [2.24, 2.45) is 0 Å². The minimum absolute atomic E-state index is 0.00581. The molecule has 4 unspecified atom stereocenters. The summed E-state index contributed by atoms with van der Waals surface area (Å²) in [6.07, 6.45) is -1.88.